The fourth-order valence-corrected chi connectivity index (χ4v) is 5.76. The molecule has 1 aromatic carbocycles. The van der Waals surface area contributed by atoms with E-state index in [0.717, 1.165) is 20.8 Å². The minimum atomic E-state index is -3.56. The molecule has 218 valence electrons. The first-order valence-corrected chi connectivity index (χ1v) is 14.0. The lowest BCUT2D eigenvalue weighted by molar-refractivity contribution is -0.385. The first-order chi connectivity index (χ1) is 18.3. The number of ether oxygens (including phenoxy) is 5. The van der Waals surface area contributed by atoms with E-state index in [1.54, 1.807) is 13.8 Å². The molecule has 0 aromatic heterocycles. The molecule has 0 radical (unpaired) electrons. The van der Waals surface area contributed by atoms with Crippen LogP contribution in [0.25, 0.3) is 0 Å². The topological polar surface area (TPSA) is 176 Å². The van der Waals surface area contributed by atoms with Crippen LogP contribution in [0, 0.1) is 17.0 Å². The Hall–Kier alpha value is -3.06. The van der Waals surface area contributed by atoms with E-state index >= 15 is 0 Å². The van der Waals surface area contributed by atoms with Crippen molar-refractivity contribution in [1.82, 2.24) is 0 Å². The molecule has 0 spiro atoms. The Labute approximate surface area is 225 Å². The van der Waals surface area contributed by atoms with Crippen molar-refractivity contribution >= 4 is 31.2 Å². The van der Waals surface area contributed by atoms with Crippen molar-refractivity contribution in [3.05, 3.63) is 33.9 Å². The van der Waals surface area contributed by atoms with Gasteiger partial charge in [-0.15, -0.1) is 0 Å². The number of rotatable bonds is 13. The summed E-state index contributed by atoms with van der Waals surface area (Å²) >= 11 is 0. The van der Waals surface area contributed by atoms with Gasteiger partial charge in [0.2, 0.25) is 12.4 Å². The molecule has 0 unspecified atom stereocenters. The Morgan fingerprint density at radius 2 is 1.49 bits per heavy atom. The first-order valence-electron chi connectivity index (χ1n) is 12.3. The molecule has 0 saturated carbocycles. The molecule has 1 saturated heterocycles. The van der Waals surface area contributed by atoms with E-state index in [4.69, 9.17) is 32.7 Å². The lowest BCUT2D eigenvalue weighted by Crippen LogP contribution is -2.62. The van der Waals surface area contributed by atoms with Crippen molar-refractivity contribution in [2.45, 2.75) is 78.7 Å². The number of carbonyl (C=O) groups excluding carboxylic acids is 3. The Morgan fingerprint density at radius 3 is 1.97 bits per heavy atom. The maximum Gasteiger partial charge on any atom is 0.330 e. The zero-order chi connectivity index (χ0) is 29.3. The van der Waals surface area contributed by atoms with Crippen LogP contribution < -0.4 is 4.74 Å². The molecule has 2 rings (SSSR count). The van der Waals surface area contributed by atoms with E-state index in [-0.39, 0.29) is 42.8 Å². The minimum Gasteiger partial charge on any atom is -0.461 e. The molecule has 1 aliphatic heterocycles. The summed E-state index contributed by atoms with van der Waals surface area (Å²) in [7, 11) is -3.56. The van der Waals surface area contributed by atoms with Gasteiger partial charge in [0.1, 0.15) is 11.9 Å². The molecule has 1 aliphatic rings. The summed E-state index contributed by atoms with van der Waals surface area (Å²) in [6, 6.07) is 3.95. The Kier molecular flexibility index (Phi) is 11.8. The highest BCUT2D eigenvalue weighted by atomic mass is 31.2. The third-order valence-electron chi connectivity index (χ3n) is 5.45. The second-order valence-corrected chi connectivity index (χ2v) is 10.7. The van der Waals surface area contributed by atoms with Gasteiger partial charge in [0.05, 0.1) is 24.3 Å². The van der Waals surface area contributed by atoms with Gasteiger partial charge < -0.3 is 32.7 Å². The number of esters is 3. The summed E-state index contributed by atoms with van der Waals surface area (Å²) in [5, 5.41) is 11.2. The molecule has 5 atom stereocenters. The maximum atomic E-state index is 13.1. The van der Waals surface area contributed by atoms with E-state index in [0.29, 0.717) is 0 Å². The van der Waals surface area contributed by atoms with E-state index in [1.165, 1.54) is 25.1 Å². The van der Waals surface area contributed by atoms with Gasteiger partial charge in [-0.1, -0.05) is 0 Å². The highest BCUT2D eigenvalue weighted by Crippen LogP contribution is 2.49. The van der Waals surface area contributed by atoms with Crippen molar-refractivity contribution in [3.8, 4) is 5.75 Å². The predicted molar refractivity (Wildman–Crippen MR) is 134 cm³/mol. The van der Waals surface area contributed by atoms with E-state index < -0.39 is 61.1 Å². The van der Waals surface area contributed by atoms with Crippen molar-refractivity contribution in [2.75, 3.05) is 19.4 Å². The van der Waals surface area contributed by atoms with Crippen LogP contribution in [-0.4, -0.2) is 72.9 Å². The number of nitro benzene ring substituents is 1. The van der Waals surface area contributed by atoms with Gasteiger partial charge in [-0.05, 0) is 39.3 Å². The van der Waals surface area contributed by atoms with Gasteiger partial charge in [0.15, 0.2) is 12.2 Å². The second kappa shape index (κ2) is 14.4. The maximum absolute atomic E-state index is 13.1. The molecular formula is C24H34NO13P. The molecule has 0 bridgehead atoms. The summed E-state index contributed by atoms with van der Waals surface area (Å²) in [6.45, 7) is 8.42. The number of nitrogens with zero attached hydrogens (tertiary/aromatic N) is 1. The average molecular weight is 576 g/mol. The van der Waals surface area contributed by atoms with Gasteiger partial charge in [0.25, 0.3) is 5.69 Å². The molecule has 0 amide bonds. The van der Waals surface area contributed by atoms with Crippen molar-refractivity contribution < 1.29 is 56.6 Å². The molecular weight excluding hydrogens is 541 g/mol. The smallest absolute Gasteiger partial charge is 0.330 e. The van der Waals surface area contributed by atoms with Crippen LogP contribution in [0.1, 0.15) is 46.6 Å². The highest BCUT2D eigenvalue weighted by molar-refractivity contribution is 7.53. The molecule has 1 heterocycles. The Bertz CT molecular complexity index is 1080. The summed E-state index contributed by atoms with van der Waals surface area (Å²) in [4.78, 5) is 46.7. The SMILES string of the molecule is CCOP(=O)(CC[C@H]1O[C@H](Oc2ccc([N+](=O)[O-])c(C)c2)[C@@H](OC(C)=O)[C@@H](OC(C)=O)[C@@H]1OC(C)=O)OCC. The number of hydrogen-bond acceptors (Lipinski definition) is 13. The van der Waals surface area contributed by atoms with Crippen LogP contribution in [0.15, 0.2) is 18.2 Å². The first kappa shape index (κ1) is 32.2. The zero-order valence-corrected chi connectivity index (χ0v) is 23.5. The van der Waals surface area contributed by atoms with Crippen molar-refractivity contribution in [2.24, 2.45) is 0 Å². The summed E-state index contributed by atoms with van der Waals surface area (Å²) < 4.78 is 52.0. The van der Waals surface area contributed by atoms with E-state index in [2.05, 4.69) is 0 Å². The fourth-order valence-electron chi connectivity index (χ4n) is 4.07. The molecule has 0 N–H and O–H groups in total. The molecule has 1 aromatic rings. The fraction of sp³-hybridized carbons (Fsp3) is 0.625. The van der Waals surface area contributed by atoms with Crippen LogP contribution in [-0.2, 0) is 46.9 Å². The normalized spacial score (nSPS) is 23.0. The van der Waals surface area contributed by atoms with Crippen LogP contribution in [0.2, 0.25) is 0 Å². The molecule has 1 fully saturated rings. The number of hydrogen-bond donors (Lipinski definition) is 0. The van der Waals surface area contributed by atoms with Gasteiger partial charge in [-0.25, -0.2) is 0 Å². The third kappa shape index (κ3) is 9.27. The monoisotopic (exact) mass is 575 g/mol. The predicted octanol–water partition coefficient (Wildman–Crippen LogP) is 3.46. The quantitative estimate of drug-likeness (QED) is 0.110. The average Bonchev–Trinajstić information content (AvgIpc) is 2.81. The number of aryl methyl sites for hydroxylation is 1. The number of nitro groups is 1. The standard InChI is InChI=1S/C24H34NO13P/c1-7-32-39(31,33-8-2)12-11-20-21(34-15(4)26)22(35-16(5)27)23(36-17(6)28)24(38-20)37-18-9-10-19(25(29)30)14(3)13-18/h9-10,13,20-24H,7-8,11-12H2,1-6H3/t20-,21-,22+,23+,24+/m1/s1. The zero-order valence-electron chi connectivity index (χ0n) is 22.6. The lowest BCUT2D eigenvalue weighted by atomic mass is 9.96. The number of benzene rings is 1. The Morgan fingerprint density at radius 1 is 0.949 bits per heavy atom. The summed E-state index contributed by atoms with van der Waals surface area (Å²) in [6.07, 6.45) is -6.78. The third-order valence-corrected chi connectivity index (χ3v) is 7.56. The Balaban J connectivity index is 2.51. The van der Waals surface area contributed by atoms with Crippen LogP contribution >= 0.6 is 7.60 Å². The van der Waals surface area contributed by atoms with Crippen LogP contribution in [0.4, 0.5) is 5.69 Å². The lowest BCUT2D eigenvalue weighted by Gasteiger charge is -2.44. The summed E-state index contributed by atoms with van der Waals surface area (Å²) in [5.41, 5.74) is 0.147. The largest absolute Gasteiger partial charge is 0.461 e. The molecule has 14 nitrogen and oxygen atoms in total. The highest BCUT2D eigenvalue weighted by Gasteiger charge is 2.53. The van der Waals surface area contributed by atoms with Gasteiger partial charge in [-0.3, -0.25) is 29.1 Å². The van der Waals surface area contributed by atoms with Gasteiger partial charge >= 0.3 is 25.5 Å². The van der Waals surface area contributed by atoms with Crippen molar-refractivity contribution in [1.29, 1.82) is 0 Å². The van der Waals surface area contributed by atoms with Gasteiger partial charge in [0, 0.05) is 32.4 Å². The van der Waals surface area contributed by atoms with Gasteiger partial charge in [-0.2, -0.15) is 0 Å². The van der Waals surface area contributed by atoms with Crippen LogP contribution in [0.5, 0.6) is 5.75 Å². The number of carbonyl (C=O) groups is 3. The van der Waals surface area contributed by atoms with Crippen LogP contribution in [0.3, 0.4) is 0 Å². The molecule has 15 heteroatoms. The van der Waals surface area contributed by atoms with Crippen molar-refractivity contribution in [3.63, 3.8) is 0 Å². The minimum absolute atomic E-state index is 0.0566. The van der Waals surface area contributed by atoms with E-state index in [9.17, 15) is 29.1 Å². The molecule has 0 aliphatic carbocycles. The second-order valence-electron chi connectivity index (χ2n) is 8.55. The summed E-state index contributed by atoms with van der Waals surface area (Å²) in [5.74, 6) is -2.16. The molecule has 39 heavy (non-hydrogen) atoms. The van der Waals surface area contributed by atoms with E-state index in [1.807, 2.05) is 0 Å².